The highest BCUT2D eigenvalue weighted by molar-refractivity contribution is 5.76. The summed E-state index contributed by atoms with van der Waals surface area (Å²) in [5, 5.41) is 0. The van der Waals surface area contributed by atoms with Crippen LogP contribution in [-0.4, -0.2) is 48.8 Å². The van der Waals surface area contributed by atoms with Crippen LogP contribution in [0.25, 0.3) is 0 Å². The average Bonchev–Trinajstić information content (AvgIpc) is 2.40. The molecule has 0 atom stereocenters. The molecule has 0 saturated carbocycles. The third-order valence-electron chi connectivity index (χ3n) is 3.19. The van der Waals surface area contributed by atoms with Gasteiger partial charge in [0.25, 0.3) is 0 Å². The molecule has 1 aromatic rings. The first-order valence-electron chi connectivity index (χ1n) is 6.94. The van der Waals surface area contributed by atoms with E-state index in [1.165, 1.54) is 0 Å². The minimum atomic E-state index is -0.386. The molecule has 1 aromatic carbocycles. The van der Waals surface area contributed by atoms with Crippen LogP contribution < -0.4 is 11.5 Å². The first-order chi connectivity index (χ1) is 9.90. The number of para-hydroxylation sites is 1. The van der Waals surface area contributed by atoms with E-state index >= 15 is 0 Å². The lowest BCUT2D eigenvalue weighted by Crippen LogP contribution is -2.34. The highest BCUT2D eigenvalue weighted by atomic mass is 16.2. The summed E-state index contributed by atoms with van der Waals surface area (Å²) >= 11 is 0. The molecule has 116 valence electrons. The number of hydrogen-bond donors (Lipinski definition) is 2. The molecule has 2 amide bonds. The van der Waals surface area contributed by atoms with Gasteiger partial charge < -0.3 is 16.4 Å². The Morgan fingerprint density at radius 3 is 2.43 bits per heavy atom. The molecule has 0 spiro atoms. The number of rotatable bonds is 8. The zero-order valence-corrected chi connectivity index (χ0v) is 12.7. The first-order valence-corrected chi connectivity index (χ1v) is 6.94. The van der Waals surface area contributed by atoms with Crippen LogP contribution in [0.15, 0.2) is 24.3 Å². The number of anilines is 1. The number of carbonyl (C=O) groups excluding carboxylic acids is 2. The van der Waals surface area contributed by atoms with E-state index in [9.17, 15) is 9.59 Å². The molecule has 0 aliphatic carbocycles. The van der Waals surface area contributed by atoms with Gasteiger partial charge in [-0.2, -0.15) is 0 Å². The Kier molecular flexibility index (Phi) is 6.68. The fraction of sp³-hybridized carbons (Fsp3) is 0.467. The number of nitrogens with zero attached hydrogens (tertiary/aromatic N) is 2. The maximum atomic E-state index is 11.6. The van der Waals surface area contributed by atoms with Gasteiger partial charge in [0.05, 0.1) is 6.54 Å². The van der Waals surface area contributed by atoms with Crippen molar-refractivity contribution >= 4 is 17.5 Å². The Labute approximate surface area is 125 Å². The third-order valence-corrected chi connectivity index (χ3v) is 3.19. The fourth-order valence-electron chi connectivity index (χ4n) is 2.03. The zero-order chi connectivity index (χ0) is 15.8. The van der Waals surface area contributed by atoms with Crippen molar-refractivity contribution in [2.75, 3.05) is 32.9 Å². The van der Waals surface area contributed by atoms with E-state index in [-0.39, 0.29) is 18.4 Å². The van der Waals surface area contributed by atoms with Crippen molar-refractivity contribution in [2.45, 2.75) is 19.4 Å². The normalized spacial score (nSPS) is 10.6. The van der Waals surface area contributed by atoms with Crippen LogP contribution in [0.3, 0.4) is 0 Å². The summed E-state index contributed by atoms with van der Waals surface area (Å²) in [5.41, 5.74) is 12.8. The van der Waals surface area contributed by atoms with Crippen molar-refractivity contribution in [1.82, 2.24) is 9.80 Å². The molecule has 4 N–H and O–H groups in total. The molecule has 21 heavy (non-hydrogen) atoms. The number of nitrogen functional groups attached to an aromatic ring is 1. The molecular weight excluding hydrogens is 268 g/mol. The van der Waals surface area contributed by atoms with E-state index < -0.39 is 0 Å². The monoisotopic (exact) mass is 292 g/mol. The number of nitrogens with two attached hydrogens (primary N) is 2. The second-order valence-corrected chi connectivity index (χ2v) is 5.27. The van der Waals surface area contributed by atoms with Crippen molar-refractivity contribution in [2.24, 2.45) is 5.73 Å². The second kappa shape index (κ2) is 8.26. The van der Waals surface area contributed by atoms with Gasteiger partial charge in [0.2, 0.25) is 11.8 Å². The number of primary amides is 1. The molecule has 0 unspecified atom stereocenters. The van der Waals surface area contributed by atoms with Crippen LogP contribution in [0, 0.1) is 0 Å². The standard InChI is InChI=1S/C15H24N4O2/c1-18(2)15(21)8-5-9-19(11-14(17)20)10-12-6-3-4-7-13(12)16/h3-4,6-7H,5,8-11,16H2,1-2H3,(H2,17,20). The largest absolute Gasteiger partial charge is 0.398 e. The maximum Gasteiger partial charge on any atom is 0.231 e. The van der Waals surface area contributed by atoms with Gasteiger partial charge in [0.1, 0.15) is 0 Å². The van der Waals surface area contributed by atoms with Gasteiger partial charge in [-0.05, 0) is 24.6 Å². The number of benzene rings is 1. The highest BCUT2D eigenvalue weighted by Gasteiger charge is 2.12. The molecule has 1 rings (SSSR count). The van der Waals surface area contributed by atoms with Gasteiger partial charge >= 0.3 is 0 Å². The van der Waals surface area contributed by atoms with Gasteiger partial charge in [-0.25, -0.2) is 0 Å². The van der Waals surface area contributed by atoms with Crippen LogP contribution in [0.4, 0.5) is 5.69 Å². The van der Waals surface area contributed by atoms with Gasteiger partial charge in [0, 0.05) is 32.7 Å². The molecule has 6 nitrogen and oxygen atoms in total. The van der Waals surface area contributed by atoms with E-state index in [4.69, 9.17) is 11.5 Å². The van der Waals surface area contributed by atoms with Crippen molar-refractivity contribution in [3.8, 4) is 0 Å². The van der Waals surface area contributed by atoms with Crippen LogP contribution >= 0.6 is 0 Å². The minimum absolute atomic E-state index is 0.0771. The van der Waals surface area contributed by atoms with Crippen molar-refractivity contribution < 1.29 is 9.59 Å². The summed E-state index contributed by atoms with van der Waals surface area (Å²) in [7, 11) is 3.46. The van der Waals surface area contributed by atoms with E-state index in [1.54, 1.807) is 19.0 Å². The second-order valence-electron chi connectivity index (χ2n) is 5.27. The molecule has 0 saturated heterocycles. The van der Waals surface area contributed by atoms with Crippen LogP contribution in [0.1, 0.15) is 18.4 Å². The molecule has 0 bridgehead atoms. The quantitative estimate of drug-likeness (QED) is 0.679. The summed E-state index contributed by atoms with van der Waals surface area (Å²) in [4.78, 5) is 26.2. The predicted molar refractivity (Wildman–Crippen MR) is 83.3 cm³/mol. The molecule has 0 radical (unpaired) electrons. The predicted octanol–water partition coefficient (Wildman–Crippen LogP) is 0.425. The highest BCUT2D eigenvalue weighted by Crippen LogP contribution is 2.13. The Bertz CT molecular complexity index is 488. The maximum absolute atomic E-state index is 11.6. The van der Waals surface area contributed by atoms with Crippen LogP contribution in [0.2, 0.25) is 0 Å². The molecule has 0 fully saturated rings. The molecule has 0 aliphatic heterocycles. The first kappa shape index (κ1) is 17.0. The smallest absolute Gasteiger partial charge is 0.231 e. The Morgan fingerprint density at radius 1 is 1.19 bits per heavy atom. The van der Waals surface area contributed by atoms with E-state index in [0.717, 1.165) is 5.56 Å². The van der Waals surface area contributed by atoms with Gasteiger partial charge in [-0.1, -0.05) is 18.2 Å². The Balaban J connectivity index is 2.58. The van der Waals surface area contributed by atoms with Crippen LogP contribution in [0.5, 0.6) is 0 Å². The van der Waals surface area contributed by atoms with Crippen LogP contribution in [-0.2, 0) is 16.1 Å². The molecular formula is C15H24N4O2. The van der Waals surface area contributed by atoms with Crippen molar-refractivity contribution in [3.63, 3.8) is 0 Å². The summed E-state index contributed by atoms with van der Waals surface area (Å²) in [6.45, 7) is 1.33. The topological polar surface area (TPSA) is 92.7 Å². The molecule has 0 aliphatic rings. The average molecular weight is 292 g/mol. The lowest BCUT2D eigenvalue weighted by molar-refractivity contribution is -0.128. The summed E-state index contributed by atoms with van der Waals surface area (Å²) in [6.07, 6.45) is 1.13. The van der Waals surface area contributed by atoms with E-state index in [0.29, 0.717) is 31.6 Å². The number of hydrogen-bond acceptors (Lipinski definition) is 4. The minimum Gasteiger partial charge on any atom is -0.398 e. The molecule has 0 heterocycles. The Hall–Kier alpha value is -2.08. The SMILES string of the molecule is CN(C)C(=O)CCCN(CC(N)=O)Cc1ccccc1N. The summed E-state index contributed by atoms with van der Waals surface area (Å²) in [5.74, 6) is -0.309. The van der Waals surface area contributed by atoms with Gasteiger partial charge in [-0.15, -0.1) is 0 Å². The molecule has 6 heteroatoms. The number of amides is 2. The fourth-order valence-corrected chi connectivity index (χ4v) is 2.03. The van der Waals surface area contributed by atoms with Crippen molar-refractivity contribution in [3.05, 3.63) is 29.8 Å². The van der Waals surface area contributed by atoms with E-state index in [1.807, 2.05) is 29.2 Å². The summed E-state index contributed by atoms with van der Waals surface area (Å²) in [6, 6.07) is 7.53. The third kappa shape index (κ3) is 6.27. The van der Waals surface area contributed by atoms with Gasteiger partial charge in [0.15, 0.2) is 0 Å². The van der Waals surface area contributed by atoms with Crippen molar-refractivity contribution in [1.29, 1.82) is 0 Å². The Morgan fingerprint density at radius 2 is 1.86 bits per heavy atom. The van der Waals surface area contributed by atoms with Gasteiger partial charge in [-0.3, -0.25) is 14.5 Å². The lowest BCUT2D eigenvalue weighted by Gasteiger charge is -2.22. The summed E-state index contributed by atoms with van der Waals surface area (Å²) < 4.78 is 0. The zero-order valence-electron chi connectivity index (χ0n) is 12.7. The lowest BCUT2D eigenvalue weighted by atomic mass is 10.1. The molecule has 0 aromatic heterocycles. The number of carbonyl (C=O) groups is 2. The van der Waals surface area contributed by atoms with E-state index in [2.05, 4.69) is 0 Å².